The first-order chi connectivity index (χ1) is 19.0. The van der Waals surface area contributed by atoms with E-state index in [1.165, 1.54) is 13.2 Å². The van der Waals surface area contributed by atoms with Crippen LogP contribution in [0.15, 0.2) is 72.8 Å². The van der Waals surface area contributed by atoms with Crippen molar-refractivity contribution in [2.75, 3.05) is 7.11 Å². The second kappa shape index (κ2) is 13.1. The second-order valence-corrected chi connectivity index (χ2v) is 11.8. The summed E-state index contributed by atoms with van der Waals surface area (Å²) in [5.41, 5.74) is -3.06. The highest BCUT2D eigenvalue weighted by atomic mass is 127. The summed E-state index contributed by atoms with van der Waals surface area (Å²) in [6.45, 7) is 2.56. The molecule has 1 saturated heterocycles. The minimum Gasteiger partial charge on any atom is -0.495 e. The number of methoxy groups -OCH3 is 1. The summed E-state index contributed by atoms with van der Waals surface area (Å²) in [6.07, 6.45) is -1.47. The maximum Gasteiger partial charge on any atom is 0.534 e. The molecule has 3 aromatic rings. The third-order valence-electron chi connectivity index (χ3n) is 6.37. The standard InChI is InChI=1S/C28H28F3IO7S/c1-18-26(37-17-20-11-7-4-8-12-20)24(36-16-19-9-5-3-6-10-19)15-23(38-18)21-13-14-22(25(32)27(21)35-2)39-40(33,34)28(29,30)31/h3-14,18,23-24,26H,15-17H2,1-2H3/t18-,23-,24-,26-/m1/s1. The average Bonchev–Trinajstić information content (AvgIpc) is 2.92. The van der Waals surface area contributed by atoms with Crippen LogP contribution in [0, 0.1) is 3.57 Å². The lowest BCUT2D eigenvalue weighted by atomic mass is 9.93. The Bertz CT molecular complexity index is 1370. The smallest absolute Gasteiger partial charge is 0.495 e. The van der Waals surface area contributed by atoms with E-state index in [1.807, 2.05) is 67.6 Å². The van der Waals surface area contributed by atoms with Crippen molar-refractivity contribution in [1.29, 1.82) is 0 Å². The van der Waals surface area contributed by atoms with E-state index in [0.29, 0.717) is 25.2 Å². The summed E-state index contributed by atoms with van der Waals surface area (Å²) in [4.78, 5) is 0. The Morgan fingerprint density at radius 1 is 0.925 bits per heavy atom. The zero-order valence-corrected chi connectivity index (χ0v) is 24.6. The highest BCUT2D eigenvalue weighted by Crippen LogP contribution is 2.44. The molecule has 1 fully saturated rings. The van der Waals surface area contributed by atoms with E-state index < -0.39 is 45.8 Å². The van der Waals surface area contributed by atoms with Crippen LogP contribution in [-0.2, 0) is 37.5 Å². The van der Waals surface area contributed by atoms with Crippen molar-refractivity contribution in [2.24, 2.45) is 0 Å². The van der Waals surface area contributed by atoms with Crippen LogP contribution < -0.4 is 8.92 Å². The van der Waals surface area contributed by atoms with Gasteiger partial charge < -0.3 is 23.1 Å². The van der Waals surface area contributed by atoms with Crippen LogP contribution in [0.2, 0.25) is 0 Å². The molecule has 4 rings (SSSR count). The van der Waals surface area contributed by atoms with Gasteiger partial charge in [-0.3, -0.25) is 0 Å². The molecule has 0 saturated carbocycles. The van der Waals surface area contributed by atoms with Gasteiger partial charge in [-0.15, -0.1) is 0 Å². The first kappa shape index (κ1) is 30.6. The fourth-order valence-electron chi connectivity index (χ4n) is 4.43. The van der Waals surface area contributed by atoms with E-state index in [9.17, 15) is 21.6 Å². The van der Waals surface area contributed by atoms with Crippen LogP contribution in [0.25, 0.3) is 0 Å². The van der Waals surface area contributed by atoms with Gasteiger partial charge in [-0.2, -0.15) is 21.6 Å². The number of rotatable bonds is 10. The summed E-state index contributed by atoms with van der Waals surface area (Å²) >= 11 is 1.70. The molecule has 1 aliphatic rings. The summed E-state index contributed by atoms with van der Waals surface area (Å²) in [7, 11) is -4.51. The number of hydrogen-bond acceptors (Lipinski definition) is 7. The zero-order chi connectivity index (χ0) is 28.9. The van der Waals surface area contributed by atoms with Gasteiger partial charge in [0.05, 0.1) is 42.2 Å². The van der Waals surface area contributed by atoms with Crippen LogP contribution in [0.4, 0.5) is 13.2 Å². The number of halogens is 4. The van der Waals surface area contributed by atoms with Crippen LogP contribution >= 0.6 is 22.6 Å². The molecule has 0 aromatic heterocycles. The molecule has 0 bridgehead atoms. The highest BCUT2D eigenvalue weighted by molar-refractivity contribution is 14.1. The van der Waals surface area contributed by atoms with E-state index in [-0.39, 0.29) is 9.32 Å². The van der Waals surface area contributed by atoms with Crippen LogP contribution in [0.1, 0.15) is 36.1 Å². The van der Waals surface area contributed by atoms with Crippen molar-refractivity contribution in [3.8, 4) is 11.5 Å². The molecule has 1 aliphatic heterocycles. The Hall–Kier alpha value is -2.39. The third-order valence-corrected chi connectivity index (χ3v) is 8.36. The molecule has 7 nitrogen and oxygen atoms in total. The zero-order valence-electron chi connectivity index (χ0n) is 21.6. The van der Waals surface area contributed by atoms with E-state index in [2.05, 4.69) is 4.18 Å². The average molecular weight is 692 g/mol. The largest absolute Gasteiger partial charge is 0.534 e. The highest BCUT2D eigenvalue weighted by Gasteiger charge is 2.49. The molecule has 4 atom stereocenters. The van der Waals surface area contributed by atoms with Crippen LogP contribution in [-0.4, -0.2) is 39.3 Å². The van der Waals surface area contributed by atoms with Gasteiger partial charge in [-0.05, 0) is 52.8 Å². The Labute approximate surface area is 244 Å². The van der Waals surface area contributed by atoms with E-state index >= 15 is 0 Å². The lowest BCUT2D eigenvalue weighted by molar-refractivity contribution is -0.204. The minimum absolute atomic E-state index is 0.0610. The van der Waals surface area contributed by atoms with Gasteiger partial charge in [0.15, 0.2) is 5.75 Å². The van der Waals surface area contributed by atoms with Gasteiger partial charge in [-0.1, -0.05) is 60.7 Å². The first-order valence-electron chi connectivity index (χ1n) is 12.3. The van der Waals surface area contributed by atoms with Crippen LogP contribution in [0.5, 0.6) is 11.5 Å². The predicted molar refractivity (Wildman–Crippen MR) is 149 cm³/mol. The lowest BCUT2D eigenvalue weighted by Gasteiger charge is -2.41. The first-order valence-corrected chi connectivity index (χ1v) is 14.8. The SMILES string of the molecule is COc1c([C@H]2C[C@@H](OCc3ccccc3)[C@H](OCc3ccccc3)[C@@H](C)O2)ccc(OS(=O)(=O)C(F)(F)F)c1I. The molecule has 0 radical (unpaired) electrons. The summed E-state index contributed by atoms with van der Waals surface area (Å²) in [5.74, 6) is -0.346. The molecule has 0 aliphatic carbocycles. The Morgan fingerprint density at radius 3 is 2.05 bits per heavy atom. The van der Waals surface area contributed by atoms with Crippen LogP contribution in [0.3, 0.4) is 0 Å². The summed E-state index contributed by atoms with van der Waals surface area (Å²) in [6, 6.07) is 22.0. The molecule has 0 spiro atoms. The molecule has 0 amide bonds. The monoisotopic (exact) mass is 692 g/mol. The van der Waals surface area contributed by atoms with Crippen molar-refractivity contribution in [2.45, 2.75) is 56.5 Å². The van der Waals surface area contributed by atoms with Crippen molar-refractivity contribution in [3.63, 3.8) is 0 Å². The molecule has 12 heteroatoms. The molecule has 0 unspecified atom stereocenters. The maximum atomic E-state index is 12.9. The molecule has 3 aromatic carbocycles. The molecular formula is C28H28F3IO7S. The van der Waals surface area contributed by atoms with Crippen molar-refractivity contribution in [3.05, 3.63) is 93.1 Å². The number of ether oxygens (including phenoxy) is 4. The number of alkyl halides is 3. The van der Waals surface area contributed by atoms with Crippen molar-refractivity contribution in [1.82, 2.24) is 0 Å². The van der Waals surface area contributed by atoms with E-state index in [1.54, 1.807) is 22.6 Å². The number of hydrogen-bond donors (Lipinski definition) is 0. The van der Waals surface area contributed by atoms with Gasteiger partial charge >= 0.3 is 15.6 Å². The molecule has 1 heterocycles. The van der Waals surface area contributed by atoms with E-state index in [4.69, 9.17) is 18.9 Å². The summed E-state index contributed by atoms with van der Waals surface area (Å²) in [5, 5.41) is 0. The fraction of sp³-hybridized carbons (Fsp3) is 0.357. The van der Waals surface area contributed by atoms with E-state index in [0.717, 1.165) is 17.2 Å². The van der Waals surface area contributed by atoms with Gasteiger partial charge in [0.2, 0.25) is 0 Å². The Balaban J connectivity index is 1.59. The van der Waals surface area contributed by atoms with Crippen molar-refractivity contribution < 1.29 is 44.7 Å². The van der Waals surface area contributed by atoms with Gasteiger partial charge in [0.25, 0.3) is 0 Å². The Morgan fingerprint density at radius 2 is 1.50 bits per heavy atom. The quantitative estimate of drug-likeness (QED) is 0.136. The normalized spacial score (nSPS) is 21.6. The topological polar surface area (TPSA) is 80.3 Å². The van der Waals surface area contributed by atoms with Crippen molar-refractivity contribution >= 4 is 32.7 Å². The lowest BCUT2D eigenvalue weighted by Crippen LogP contribution is -2.47. The maximum absolute atomic E-state index is 12.9. The molecule has 40 heavy (non-hydrogen) atoms. The Kier molecular flexibility index (Phi) is 9.98. The van der Waals surface area contributed by atoms with Gasteiger partial charge in [0.1, 0.15) is 11.9 Å². The fourth-order valence-corrected chi connectivity index (χ4v) is 5.87. The second-order valence-electron chi connectivity index (χ2n) is 9.15. The van der Waals surface area contributed by atoms with Gasteiger partial charge in [0, 0.05) is 12.0 Å². The molecule has 216 valence electrons. The summed E-state index contributed by atoms with van der Waals surface area (Å²) < 4.78 is 90.7. The minimum atomic E-state index is -5.85. The molecule has 0 N–H and O–H groups in total. The predicted octanol–water partition coefficient (Wildman–Crippen LogP) is 6.55. The number of benzene rings is 3. The van der Waals surface area contributed by atoms with Gasteiger partial charge in [-0.25, -0.2) is 0 Å². The molecular weight excluding hydrogens is 664 g/mol. The third kappa shape index (κ3) is 7.27.